The van der Waals surface area contributed by atoms with E-state index in [9.17, 15) is 0 Å². The van der Waals surface area contributed by atoms with Gasteiger partial charge in [0.1, 0.15) is 0 Å². The van der Waals surface area contributed by atoms with Gasteiger partial charge in [0, 0.05) is 22.7 Å². The van der Waals surface area contributed by atoms with Crippen molar-refractivity contribution in [2.24, 2.45) is 5.14 Å². The molecule has 0 atom stereocenters. The van der Waals surface area contributed by atoms with Crippen molar-refractivity contribution < 1.29 is 0 Å². The van der Waals surface area contributed by atoms with Crippen LogP contribution in [0.15, 0.2) is 35.5 Å². The van der Waals surface area contributed by atoms with Crippen LogP contribution in [0.3, 0.4) is 0 Å². The van der Waals surface area contributed by atoms with Crippen molar-refractivity contribution in [3.63, 3.8) is 0 Å². The summed E-state index contributed by atoms with van der Waals surface area (Å²) in [5.74, 6) is 0. The van der Waals surface area contributed by atoms with Crippen LogP contribution < -0.4 is 5.14 Å². The number of aromatic nitrogens is 1. The summed E-state index contributed by atoms with van der Waals surface area (Å²) in [5, 5.41) is 7.88. The molecule has 66 valence electrons. The Balaban J connectivity index is 2.74. The first-order valence-corrected chi connectivity index (χ1v) is 4.90. The Labute approximate surface area is 81.3 Å². The van der Waals surface area contributed by atoms with Crippen LogP contribution in [0, 0.1) is 6.92 Å². The number of nitrogens with two attached hydrogens (primary N) is 1. The van der Waals surface area contributed by atoms with Gasteiger partial charge in [0.2, 0.25) is 0 Å². The average molecular weight is 190 g/mol. The predicted molar refractivity (Wildman–Crippen MR) is 56.5 cm³/mol. The molecule has 0 saturated heterocycles. The van der Waals surface area contributed by atoms with Gasteiger partial charge in [-0.15, -0.1) is 0 Å². The summed E-state index contributed by atoms with van der Waals surface area (Å²) < 4.78 is 0. The molecule has 0 fully saturated rings. The van der Waals surface area contributed by atoms with Crippen LogP contribution in [0.4, 0.5) is 0 Å². The highest BCUT2D eigenvalue weighted by Gasteiger charge is 1.98. The first kappa shape index (κ1) is 8.53. The smallest absolute Gasteiger partial charge is 0.0346 e. The van der Waals surface area contributed by atoms with Crippen molar-refractivity contribution in [1.29, 1.82) is 0 Å². The normalized spacial score (nSPS) is 10.6. The van der Waals surface area contributed by atoms with Crippen LogP contribution in [0.2, 0.25) is 0 Å². The maximum Gasteiger partial charge on any atom is 0.0346 e. The molecular weight excluding hydrogens is 180 g/mol. The van der Waals surface area contributed by atoms with Gasteiger partial charge >= 0.3 is 0 Å². The Kier molecular flexibility index (Phi) is 2.20. The van der Waals surface area contributed by atoms with Crippen molar-refractivity contribution in [3.05, 3.63) is 36.2 Å². The molecule has 0 aliphatic carbocycles. The summed E-state index contributed by atoms with van der Waals surface area (Å²) >= 11 is 1.27. The summed E-state index contributed by atoms with van der Waals surface area (Å²) in [7, 11) is 0. The van der Waals surface area contributed by atoms with E-state index in [1.165, 1.54) is 22.9 Å². The summed E-state index contributed by atoms with van der Waals surface area (Å²) in [6.07, 6.45) is 3.74. The second-order valence-corrected chi connectivity index (χ2v) is 3.66. The number of aryl methyl sites for hydroxylation is 1. The third kappa shape index (κ3) is 1.53. The largest absolute Gasteiger partial charge is 0.274 e. The fourth-order valence-corrected chi connectivity index (χ4v) is 1.69. The minimum absolute atomic E-state index is 1.09. The molecule has 3 heteroatoms. The Bertz CT molecular complexity index is 440. The molecule has 0 radical (unpaired) electrons. The number of hydrogen-bond donors (Lipinski definition) is 1. The van der Waals surface area contributed by atoms with E-state index in [-0.39, 0.29) is 0 Å². The van der Waals surface area contributed by atoms with Gasteiger partial charge in [-0.1, -0.05) is 6.07 Å². The van der Waals surface area contributed by atoms with E-state index in [4.69, 9.17) is 5.14 Å². The van der Waals surface area contributed by atoms with Crippen LogP contribution >= 0.6 is 11.9 Å². The van der Waals surface area contributed by atoms with Gasteiger partial charge in [0.25, 0.3) is 0 Å². The number of nitrogens with zero attached hydrogens (tertiary/aromatic N) is 1. The quantitative estimate of drug-likeness (QED) is 0.702. The zero-order chi connectivity index (χ0) is 9.26. The van der Waals surface area contributed by atoms with E-state index in [1.54, 1.807) is 0 Å². The molecule has 2 N–H and O–H groups in total. The van der Waals surface area contributed by atoms with E-state index in [0.29, 0.717) is 0 Å². The molecule has 0 bridgehead atoms. The molecule has 0 spiro atoms. The fraction of sp³-hybridized carbons (Fsp3) is 0.100. The standard InChI is InChI=1S/C10H10N2S/c1-7-5-12-6-8-2-3-9(13-11)4-10(7)8/h2-6H,11H2,1H3. The van der Waals surface area contributed by atoms with Crippen LogP contribution in [0.25, 0.3) is 10.8 Å². The summed E-state index contributed by atoms with van der Waals surface area (Å²) in [6, 6.07) is 6.15. The van der Waals surface area contributed by atoms with Crippen molar-refractivity contribution in [1.82, 2.24) is 4.98 Å². The van der Waals surface area contributed by atoms with Gasteiger partial charge in [-0.2, -0.15) is 0 Å². The van der Waals surface area contributed by atoms with E-state index in [1.807, 2.05) is 24.5 Å². The van der Waals surface area contributed by atoms with E-state index in [2.05, 4.69) is 18.0 Å². The highest BCUT2D eigenvalue weighted by Crippen LogP contribution is 2.22. The van der Waals surface area contributed by atoms with Crippen LogP contribution in [-0.2, 0) is 0 Å². The summed E-state index contributed by atoms with van der Waals surface area (Å²) in [4.78, 5) is 5.21. The third-order valence-electron chi connectivity index (χ3n) is 2.07. The molecule has 2 aromatic rings. The third-order valence-corrected chi connectivity index (χ3v) is 2.59. The lowest BCUT2D eigenvalue weighted by atomic mass is 10.1. The van der Waals surface area contributed by atoms with Crippen LogP contribution in [-0.4, -0.2) is 4.98 Å². The highest BCUT2D eigenvalue weighted by atomic mass is 32.2. The maximum absolute atomic E-state index is 5.49. The minimum atomic E-state index is 1.09. The van der Waals surface area contributed by atoms with Crippen LogP contribution in [0.5, 0.6) is 0 Å². The Morgan fingerprint density at radius 3 is 2.92 bits per heavy atom. The van der Waals surface area contributed by atoms with Crippen molar-refractivity contribution >= 4 is 22.7 Å². The number of pyridine rings is 1. The Morgan fingerprint density at radius 2 is 2.15 bits per heavy atom. The topological polar surface area (TPSA) is 38.9 Å². The Morgan fingerprint density at radius 1 is 1.31 bits per heavy atom. The van der Waals surface area contributed by atoms with E-state index < -0.39 is 0 Å². The lowest BCUT2D eigenvalue weighted by Gasteiger charge is -2.02. The van der Waals surface area contributed by atoms with Gasteiger partial charge < -0.3 is 0 Å². The second kappa shape index (κ2) is 3.36. The predicted octanol–water partition coefficient (Wildman–Crippen LogP) is 2.51. The molecule has 0 saturated carbocycles. The van der Waals surface area contributed by atoms with Gasteiger partial charge in [-0.05, 0) is 42.0 Å². The molecule has 1 heterocycles. The summed E-state index contributed by atoms with van der Waals surface area (Å²) in [6.45, 7) is 2.06. The molecule has 0 aliphatic heterocycles. The number of fused-ring (bicyclic) bond motifs is 1. The molecule has 0 unspecified atom stereocenters. The molecule has 2 nitrogen and oxygen atoms in total. The lowest BCUT2D eigenvalue weighted by Crippen LogP contribution is -1.84. The monoisotopic (exact) mass is 190 g/mol. The van der Waals surface area contributed by atoms with E-state index >= 15 is 0 Å². The molecule has 0 aliphatic rings. The second-order valence-electron chi connectivity index (χ2n) is 2.96. The SMILES string of the molecule is Cc1cncc2ccc(SN)cc12. The zero-order valence-corrected chi connectivity index (χ0v) is 8.14. The van der Waals surface area contributed by atoms with Gasteiger partial charge in [-0.3, -0.25) is 10.1 Å². The van der Waals surface area contributed by atoms with Crippen LogP contribution in [0.1, 0.15) is 5.56 Å². The van der Waals surface area contributed by atoms with Gasteiger partial charge in [-0.25, -0.2) is 0 Å². The number of benzene rings is 1. The molecule has 0 amide bonds. The van der Waals surface area contributed by atoms with Gasteiger partial charge in [0.15, 0.2) is 0 Å². The van der Waals surface area contributed by atoms with Crippen molar-refractivity contribution in [3.8, 4) is 0 Å². The van der Waals surface area contributed by atoms with Gasteiger partial charge in [0.05, 0.1) is 0 Å². The first-order chi connectivity index (χ1) is 6.31. The molecule has 1 aromatic heterocycles. The molecule has 2 rings (SSSR count). The lowest BCUT2D eigenvalue weighted by molar-refractivity contribution is 1.30. The van der Waals surface area contributed by atoms with E-state index in [0.717, 1.165) is 10.3 Å². The zero-order valence-electron chi connectivity index (χ0n) is 7.32. The first-order valence-electron chi connectivity index (χ1n) is 4.02. The minimum Gasteiger partial charge on any atom is -0.274 e. The molecule has 13 heavy (non-hydrogen) atoms. The summed E-state index contributed by atoms with van der Waals surface area (Å²) in [5.41, 5.74) is 1.19. The fourth-order valence-electron chi connectivity index (χ4n) is 1.36. The number of hydrogen-bond acceptors (Lipinski definition) is 3. The average Bonchev–Trinajstić information content (AvgIpc) is 2.18. The van der Waals surface area contributed by atoms with Crippen molar-refractivity contribution in [2.75, 3.05) is 0 Å². The Hall–Kier alpha value is -1.06. The maximum atomic E-state index is 5.49. The highest BCUT2D eigenvalue weighted by molar-refractivity contribution is 7.97. The molecular formula is C10H10N2S. The number of rotatable bonds is 1. The van der Waals surface area contributed by atoms with Crippen molar-refractivity contribution in [2.45, 2.75) is 11.8 Å². The molecule has 1 aromatic carbocycles.